The van der Waals surface area contributed by atoms with Gasteiger partial charge in [-0.3, -0.25) is 0 Å². The summed E-state index contributed by atoms with van der Waals surface area (Å²) < 4.78 is 0. The average Bonchev–Trinajstić information content (AvgIpc) is 2.69. The highest BCUT2D eigenvalue weighted by Crippen LogP contribution is 2.10. The molecule has 3 nitrogen and oxygen atoms in total. The molecule has 1 atom stereocenters. The van der Waals surface area contributed by atoms with Crippen LogP contribution in [0.2, 0.25) is 0 Å². The Morgan fingerprint density at radius 1 is 1.54 bits per heavy atom. The molecule has 70 valence electrons. The van der Waals surface area contributed by atoms with Crippen molar-refractivity contribution in [2.45, 2.75) is 31.7 Å². The van der Waals surface area contributed by atoms with Crippen LogP contribution in [0, 0.1) is 0 Å². The molecule has 3 heteroatoms. The van der Waals surface area contributed by atoms with E-state index in [9.17, 15) is 0 Å². The molecule has 0 aliphatic carbocycles. The lowest BCUT2D eigenvalue weighted by atomic mass is 10.1. The number of nitrogens with zero attached hydrogens (tertiary/aromatic N) is 2. The third kappa shape index (κ3) is 2.49. The zero-order valence-corrected chi connectivity index (χ0v) is 7.74. The van der Waals surface area contributed by atoms with Gasteiger partial charge in [0.25, 0.3) is 0 Å². The highest BCUT2D eigenvalue weighted by molar-refractivity contribution is 4.98. The van der Waals surface area contributed by atoms with Crippen molar-refractivity contribution < 1.29 is 0 Å². The standard InChI is InChI=1S/C10H15N3/c1-2-9(12-6-1)3-4-10-5-7-11-8-13-10/h5,7-9,12H,1-4,6H2. The van der Waals surface area contributed by atoms with Crippen molar-refractivity contribution in [3.63, 3.8) is 0 Å². The van der Waals surface area contributed by atoms with Crippen LogP contribution in [0.5, 0.6) is 0 Å². The van der Waals surface area contributed by atoms with Gasteiger partial charge in [0, 0.05) is 17.9 Å². The van der Waals surface area contributed by atoms with E-state index >= 15 is 0 Å². The Balaban J connectivity index is 1.79. The van der Waals surface area contributed by atoms with Gasteiger partial charge in [0.05, 0.1) is 0 Å². The van der Waals surface area contributed by atoms with E-state index < -0.39 is 0 Å². The summed E-state index contributed by atoms with van der Waals surface area (Å²) in [7, 11) is 0. The summed E-state index contributed by atoms with van der Waals surface area (Å²) in [6, 6.07) is 2.71. The van der Waals surface area contributed by atoms with Crippen molar-refractivity contribution in [1.82, 2.24) is 15.3 Å². The lowest BCUT2D eigenvalue weighted by Crippen LogP contribution is -2.21. The largest absolute Gasteiger partial charge is 0.314 e. The summed E-state index contributed by atoms with van der Waals surface area (Å²) >= 11 is 0. The molecule has 1 N–H and O–H groups in total. The van der Waals surface area contributed by atoms with Crippen molar-refractivity contribution in [3.8, 4) is 0 Å². The summed E-state index contributed by atoms with van der Waals surface area (Å²) in [5.74, 6) is 0. The van der Waals surface area contributed by atoms with E-state index in [1.54, 1.807) is 6.33 Å². The van der Waals surface area contributed by atoms with Crippen LogP contribution in [0.4, 0.5) is 0 Å². The van der Waals surface area contributed by atoms with E-state index in [-0.39, 0.29) is 0 Å². The van der Waals surface area contributed by atoms with Crippen LogP contribution in [0.1, 0.15) is 25.0 Å². The zero-order chi connectivity index (χ0) is 8.93. The summed E-state index contributed by atoms with van der Waals surface area (Å²) in [5.41, 5.74) is 1.16. The molecule has 0 radical (unpaired) electrons. The van der Waals surface area contributed by atoms with Crippen molar-refractivity contribution in [2.24, 2.45) is 0 Å². The van der Waals surface area contributed by atoms with Crippen molar-refractivity contribution in [1.29, 1.82) is 0 Å². The number of hydrogen-bond donors (Lipinski definition) is 1. The number of aryl methyl sites for hydroxylation is 1. The minimum absolute atomic E-state index is 0.718. The van der Waals surface area contributed by atoms with Gasteiger partial charge >= 0.3 is 0 Å². The monoisotopic (exact) mass is 177 g/mol. The fourth-order valence-electron chi connectivity index (χ4n) is 1.79. The number of rotatable bonds is 3. The molecule has 0 amide bonds. The van der Waals surface area contributed by atoms with E-state index in [4.69, 9.17) is 0 Å². The van der Waals surface area contributed by atoms with Crippen molar-refractivity contribution >= 4 is 0 Å². The fraction of sp³-hybridized carbons (Fsp3) is 0.600. The maximum atomic E-state index is 4.20. The Hall–Kier alpha value is -0.960. The lowest BCUT2D eigenvalue weighted by Gasteiger charge is -2.08. The van der Waals surface area contributed by atoms with Gasteiger partial charge in [0.1, 0.15) is 6.33 Å². The van der Waals surface area contributed by atoms with E-state index in [2.05, 4.69) is 15.3 Å². The van der Waals surface area contributed by atoms with Crippen LogP contribution < -0.4 is 5.32 Å². The smallest absolute Gasteiger partial charge is 0.115 e. The molecule has 1 aromatic rings. The first-order valence-electron chi connectivity index (χ1n) is 4.93. The van der Waals surface area contributed by atoms with Gasteiger partial charge in [-0.2, -0.15) is 0 Å². The van der Waals surface area contributed by atoms with E-state index in [0.29, 0.717) is 0 Å². The Labute approximate surface area is 78.6 Å². The molecule has 0 aromatic carbocycles. The van der Waals surface area contributed by atoms with Crippen molar-refractivity contribution in [3.05, 3.63) is 24.3 Å². The Morgan fingerprint density at radius 3 is 3.23 bits per heavy atom. The normalized spacial score (nSPS) is 22.0. The molecule has 2 heterocycles. The highest BCUT2D eigenvalue weighted by Gasteiger charge is 2.13. The maximum absolute atomic E-state index is 4.20. The molecule has 1 saturated heterocycles. The zero-order valence-electron chi connectivity index (χ0n) is 7.74. The quantitative estimate of drug-likeness (QED) is 0.753. The number of aromatic nitrogens is 2. The molecule has 0 saturated carbocycles. The van der Waals surface area contributed by atoms with E-state index in [1.165, 1.54) is 25.8 Å². The molecule has 0 bridgehead atoms. The molecular weight excluding hydrogens is 162 g/mol. The summed E-state index contributed by atoms with van der Waals surface area (Å²) in [4.78, 5) is 8.10. The minimum Gasteiger partial charge on any atom is -0.314 e. The molecular formula is C10H15N3. The predicted octanol–water partition coefficient (Wildman–Crippen LogP) is 1.16. The van der Waals surface area contributed by atoms with Gasteiger partial charge in [0.15, 0.2) is 0 Å². The minimum atomic E-state index is 0.718. The molecule has 1 aliphatic heterocycles. The van der Waals surface area contributed by atoms with Crippen LogP contribution in [0.15, 0.2) is 18.6 Å². The third-order valence-corrected chi connectivity index (χ3v) is 2.55. The molecule has 1 fully saturated rings. The Kier molecular flexibility index (Phi) is 2.87. The van der Waals surface area contributed by atoms with Gasteiger partial charge < -0.3 is 5.32 Å². The van der Waals surface area contributed by atoms with Crippen LogP contribution in [-0.4, -0.2) is 22.6 Å². The van der Waals surface area contributed by atoms with Gasteiger partial charge in [-0.05, 0) is 38.3 Å². The van der Waals surface area contributed by atoms with Gasteiger partial charge in [-0.15, -0.1) is 0 Å². The molecule has 1 aromatic heterocycles. The first-order valence-corrected chi connectivity index (χ1v) is 4.93. The molecule has 1 aliphatic rings. The van der Waals surface area contributed by atoms with E-state index in [0.717, 1.165) is 18.2 Å². The lowest BCUT2D eigenvalue weighted by molar-refractivity contribution is 0.555. The molecule has 13 heavy (non-hydrogen) atoms. The first kappa shape index (κ1) is 8.63. The SMILES string of the molecule is c1cc(CCC2CCCN2)ncn1. The second kappa shape index (κ2) is 4.33. The second-order valence-corrected chi connectivity index (χ2v) is 3.53. The molecule has 1 unspecified atom stereocenters. The third-order valence-electron chi connectivity index (χ3n) is 2.55. The van der Waals surface area contributed by atoms with Gasteiger partial charge in [-0.25, -0.2) is 9.97 Å². The van der Waals surface area contributed by atoms with E-state index in [1.807, 2.05) is 12.3 Å². The van der Waals surface area contributed by atoms with Crippen molar-refractivity contribution in [2.75, 3.05) is 6.54 Å². The first-order chi connectivity index (χ1) is 6.45. The highest BCUT2D eigenvalue weighted by atomic mass is 14.9. The summed E-state index contributed by atoms with van der Waals surface area (Å²) in [6.07, 6.45) is 8.36. The van der Waals surface area contributed by atoms with Crippen LogP contribution in [0.25, 0.3) is 0 Å². The number of nitrogens with one attached hydrogen (secondary N) is 1. The summed E-state index contributed by atoms with van der Waals surface area (Å²) in [6.45, 7) is 1.19. The maximum Gasteiger partial charge on any atom is 0.115 e. The van der Waals surface area contributed by atoms with Crippen LogP contribution in [0.3, 0.4) is 0 Å². The molecule has 2 rings (SSSR count). The van der Waals surface area contributed by atoms with Crippen LogP contribution >= 0.6 is 0 Å². The molecule has 0 spiro atoms. The Bertz CT molecular complexity index is 242. The Morgan fingerprint density at radius 2 is 2.54 bits per heavy atom. The van der Waals surface area contributed by atoms with Crippen LogP contribution in [-0.2, 0) is 6.42 Å². The number of hydrogen-bond acceptors (Lipinski definition) is 3. The predicted molar refractivity (Wildman–Crippen MR) is 51.4 cm³/mol. The summed E-state index contributed by atoms with van der Waals surface area (Å²) in [5, 5.41) is 3.48. The second-order valence-electron chi connectivity index (χ2n) is 3.53. The van der Waals surface area contributed by atoms with Gasteiger partial charge in [0.2, 0.25) is 0 Å². The fourth-order valence-corrected chi connectivity index (χ4v) is 1.79. The van der Waals surface area contributed by atoms with Gasteiger partial charge in [-0.1, -0.05) is 0 Å². The topological polar surface area (TPSA) is 37.8 Å². The average molecular weight is 177 g/mol.